The van der Waals surface area contributed by atoms with Crippen molar-refractivity contribution in [2.45, 2.75) is 12.1 Å². The number of rotatable bonds is 4. The van der Waals surface area contributed by atoms with E-state index in [1.807, 2.05) is 19.3 Å². The molecule has 1 aliphatic heterocycles. The van der Waals surface area contributed by atoms with E-state index in [1.54, 1.807) is 18.2 Å². The van der Waals surface area contributed by atoms with E-state index in [0.29, 0.717) is 25.3 Å². The number of aromatic nitrogens is 1. The molecule has 0 aliphatic carbocycles. The molecule has 1 aliphatic rings. The zero-order valence-corrected chi connectivity index (χ0v) is 12.7. The molecule has 2 heterocycles. The van der Waals surface area contributed by atoms with Crippen molar-refractivity contribution in [3.63, 3.8) is 0 Å². The van der Waals surface area contributed by atoms with E-state index in [4.69, 9.17) is 4.74 Å². The number of aryl methyl sites for hydroxylation is 1. The second-order valence-corrected chi connectivity index (χ2v) is 5.67. The van der Waals surface area contributed by atoms with Crippen molar-refractivity contribution in [2.75, 3.05) is 26.3 Å². The van der Waals surface area contributed by atoms with Gasteiger partial charge < -0.3 is 14.4 Å². The Morgan fingerprint density at radius 1 is 1.32 bits per heavy atom. The molecule has 1 fully saturated rings. The second-order valence-electron chi connectivity index (χ2n) is 5.67. The molecule has 1 saturated heterocycles. The number of aliphatic hydroxyl groups excluding tert-OH is 1. The summed E-state index contributed by atoms with van der Waals surface area (Å²) in [6.45, 7) is 2.33. The summed E-state index contributed by atoms with van der Waals surface area (Å²) in [5.74, 6) is -0.362. The van der Waals surface area contributed by atoms with Crippen LogP contribution in [-0.2, 0) is 11.8 Å². The van der Waals surface area contributed by atoms with Crippen molar-refractivity contribution in [3.05, 3.63) is 59.7 Å². The minimum absolute atomic E-state index is 0.0789. The fraction of sp³-hybridized carbons (Fsp3) is 0.412. The molecule has 1 aromatic carbocycles. The van der Waals surface area contributed by atoms with E-state index >= 15 is 0 Å². The Balaban J connectivity index is 1.77. The van der Waals surface area contributed by atoms with Crippen molar-refractivity contribution in [1.29, 1.82) is 0 Å². The Labute approximate surface area is 129 Å². The fourth-order valence-corrected chi connectivity index (χ4v) is 3.02. The highest BCUT2D eigenvalue weighted by atomic mass is 19.1. The Morgan fingerprint density at radius 2 is 2.14 bits per heavy atom. The monoisotopic (exact) mass is 304 g/mol. The van der Waals surface area contributed by atoms with Crippen molar-refractivity contribution in [2.24, 2.45) is 7.05 Å². The highest BCUT2D eigenvalue weighted by Gasteiger charge is 2.28. The van der Waals surface area contributed by atoms with Crippen LogP contribution in [0.3, 0.4) is 0 Å². The third-order valence-electron chi connectivity index (χ3n) is 4.24. The number of ether oxygens (including phenoxy) is 1. The molecule has 0 amide bonds. The van der Waals surface area contributed by atoms with E-state index < -0.39 is 6.10 Å². The summed E-state index contributed by atoms with van der Waals surface area (Å²) in [5.41, 5.74) is 1.49. The molecular weight excluding hydrogens is 283 g/mol. The molecule has 2 aromatic rings. The molecule has 0 bridgehead atoms. The topological polar surface area (TPSA) is 37.6 Å². The molecular formula is C17H21FN2O2. The van der Waals surface area contributed by atoms with Crippen LogP contribution < -0.4 is 0 Å². The van der Waals surface area contributed by atoms with Gasteiger partial charge >= 0.3 is 0 Å². The number of hydrogen-bond donors (Lipinski definition) is 1. The van der Waals surface area contributed by atoms with E-state index in [2.05, 4.69) is 15.5 Å². The molecule has 4 nitrogen and oxygen atoms in total. The smallest absolute Gasteiger partial charge is 0.129 e. The number of β-amino-alcohol motifs (C(OH)–C–C–N with tert-alkyl or cyclic N) is 1. The minimum Gasteiger partial charge on any atom is -0.387 e. The predicted molar refractivity (Wildman–Crippen MR) is 81.9 cm³/mol. The van der Waals surface area contributed by atoms with Crippen LogP contribution in [-0.4, -0.2) is 40.9 Å². The van der Waals surface area contributed by atoms with Crippen LogP contribution in [0.1, 0.15) is 23.4 Å². The van der Waals surface area contributed by atoms with E-state index in [0.717, 1.165) is 12.2 Å². The zero-order valence-electron chi connectivity index (χ0n) is 12.7. The molecule has 1 N–H and O–H groups in total. The van der Waals surface area contributed by atoms with Crippen molar-refractivity contribution >= 4 is 0 Å². The van der Waals surface area contributed by atoms with Gasteiger partial charge in [0.05, 0.1) is 25.4 Å². The standard InChI is InChI=1S/C17H21FN2O2/c1-19-8-4-7-15(19)16-12-22-10-9-20(16)11-17(21)13-5-2-3-6-14(13)18/h2-8,16-17,21H,9-12H2,1H3/t16-,17-/m1/s1. The molecule has 1 aromatic heterocycles. The molecule has 3 rings (SSSR count). The van der Waals surface area contributed by atoms with Gasteiger partial charge in [0, 0.05) is 37.6 Å². The van der Waals surface area contributed by atoms with E-state index in [1.165, 1.54) is 6.07 Å². The lowest BCUT2D eigenvalue weighted by molar-refractivity contribution is -0.0305. The Morgan fingerprint density at radius 3 is 2.86 bits per heavy atom. The average molecular weight is 304 g/mol. The van der Waals surface area contributed by atoms with Gasteiger partial charge in [0.2, 0.25) is 0 Å². The summed E-state index contributed by atoms with van der Waals surface area (Å²) in [5, 5.41) is 10.4. The highest BCUT2D eigenvalue weighted by Crippen LogP contribution is 2.27. The third kappa shape index (κ3) is 3.06. The van der Waals surface area contributed by atoms with Crippen LogP contribution >= 0.6 is 0 Å². The number of morpholine rings is 1. The Hall–Kier alpha value is -1.69. The summed E-state index contributed by atoms with van der Waals surface area (Å²) >= 11 is 0. The van der Waals surface area contributed by atoms with Gasteiger partial charge in [-0.25, -0.2) is 4.39 Å². The fourth-order valence-electron chi connectivity index (χ4n) is 3.02. The maximum Gasteiger partial charge on any atom is 0.129 e. The molecule has 0 unspecified atom stereocenters. The maximum absolute atomic E-state index is 13.8. The van der Waals surface area contributed by atoms with Gasteiger partial charge in [-0.15, -0.1) is 0 Å². The van der Waals surface area contributed by atoms with E-state index in [-0.39, 0.29) is 11.9 Å². The normalized spacial score (nSPS) is 21.0. The van der Waals surface area contributed by atoms with Crippen molar-refractivity contribution in [1.82, 2.24) is 9.47 Å². The maximum atomic E-state index is 13.8. The summed E-state index contributed by atoms with van der Waals surface area (Å²) in [6.07, 6.45) is 1.15. The summed E-state index contributed by atoms with van der Waals surface area (Å²) in [7, 11) is 2.00. The molecule has 5 heteroatoms. The first-order valence-corrected chi connectivity index (χ1v) is 7.52. The first kappa shape index (κ1) is 15.2. The van der Waals surface area contributed by atoms with Gasteiger partial charge in [-0.1, -0.05) is 18.2 Å². The van der Waals surface area contributed by atoms with Crippen LogP contribution in [0, 0.1) is 5.82 Å². The predicted octanol–water partition coefficient (Wildman–Crippen LogP) is 2.27. The van der Waals surface area contributed by atoms with Crippen LogP contribution in [0.25, 0.3) is 0 Å². The van der Waals surface area contributed by atoms with Crippen LogP contribution in [0.4, 0.5) is 4.39 Å². The lowest BCUT2D eigenvalue weighted by atomic mass is 10.1. The van der Waals surface area contributed by atoms with Crippen LogP contribution in [0.2, 0.25) is 0 Å². The SMILES string of the molecule is Cn1cccc1[C@H]1COCCN1C[C@@H](O)c1ccccc1F. The van der Waals surface area contributed by atoms with Crippen LogP contribution in [0.15, 0.2) is 42.6 Å². The van der Waals surface area contributed by atoms with Gasteiger partial charge in [-0.2, -0.15) is 0 Å². The highest BCUT2D eigenvalue weighted by molar-refractivity contribution is 5.20. The summed E-state index contributed by atoms with van der Waals surface area (Å²) < 4.78 is 21.5. The van der Waals surface area contributed by atoms with Gasteiger partial charge in [0.1, 0.15) is 5.82 Å². The zero-order chi connectivity index (χ0) is 15.5. The summed E-state index contributed by atoms with van der Waals surface area (Å²) in [4.78, 5) is 2.16. The van der Waals surface area contributed by atoms with Gasteiger partial charge in [0.15, 0.2) is 0 Å². The number of hydrogen-bond acceptors (Lipinski definition) is 3. The quantitative estimate of drug-likeness (QED) is 0.941. The number of aliphatic hydroxyl groups is 1. The molecule has 0 radical (unpaired) electrons. The van der Waals surface area contributed by atoms with Gasteiger partial charge in [-0.05, 0) is 18.2 Å². The number of benzene rings is 1. The number of halogens is 1. The average Bonchev–Trinajstić information content (AvgIpc) is 2.94. The Bertz CT molecular complexity index is 629. The first-order valence-electron chi connectivity index (χ1n) is 7.52. The molecule has 118 valence electrons. The van der Waals surface area contributed by atoms with E-state index in [9.17, 15) is 9.50 Å². The molecule has 0 saturated carbocycles. The summed E-state index contributed by atoms with van der Waals surface area (Å²) in [6, 6.07) is 10.5. The largest absolute Gasteiger partial charge is 0.387 e. The molecule has 2 atom stereocenters. The van der Waals surface area contributed by atoms with Crippen LogP contribution in [0.5, 0.6) is 0 Å². The molecule has 22 heavy (non-hydrogen) atoms. The second kappa shape index (κ2) is 6.60. The van der Waals surface area contributed by atoms with Crippen molar-refractivity contribution in [3.8, 4) is 0 Å². The number of nitrogens with zero attached hydrogens (tertiary/aromatic N) is 2. The minimum atomic E-state index is -0.845. The van der Waals surface area contributed by atoms with Gasteiger partial charge in [-0.3, -0.25) is 4.90 Å². The third-order valence-corrected chi connectivity index (χ3v) is 4.24. The Kier molecular flexibility index (Phi) is 4.57. The lowest BCUT2D eigenvalue weighted by Gasteiger charge is -2.37. The van der Waals surface area contributed by atoms with Crippen molar-refractivity contribution < 1.29 is 14.2 Å². The van der Waals surface area contributed by atoms with Gasteiger partial charge in [0.25, 0.3) is 0 Å². The molecule has 0 spiro atoms. The first-order chi connectivity index (χ1) is 10.7. The lowest BCUT2D eigenvalue weighted by Crippen LogP contribution is -2.42.